The van der Waals surface area contributed by atoms with Crippen LogP contribution in [0.15, 0.2) is 39.5 Å². The fourth-order valence-corrected chi connectivity index (χ4v) is 9.13. The third-order valence-electron chi connectivity index (χ3n) is 9.60. The summed E-state index contributed by atoms with van der Waals surface area (Å²) in [6.45, 7) is 6.66. The minimum atomic E-state index is -1.84. The molecule has 0 spiro atoms. The molecule has 5 heterocycles. The molecule has 0 radical (unpaired) electrons. The van der Waals surface area contributed by atoms with Crippen molar-refractivity contribution >= 4 is 80.2 Å². The van der Waals surface area contributed by atoms with Gasteiger partial charge in [-0.2, -0.15) is 0 Å². The van der Waals surface area contributed by atoms with Gasteiger partial charge in [0.05, 0.1) is 29.6 Å². The lowest BCUT2D eigenvalue weighted by Gasteiger charge is -2.50. The Labute approximate surface area is 314 Å². The van der Waals surface area contributed by atoms with Crippen molar-refractivity contribution in [2.45, 2.75) is 63.7 Å². The Bertz CT molecular complexity index is 2180. The number of nitrogens with two attached hydrogens (primary N) is 1. The van der Waals surface area contributed by atoms with Crippen LogP contribution >= 0.6 is 34.7 Å². The SMILES string of the molecule is CCn1cc(C[N+]2(CC3=C(C(=O)O)N4C(=O)[C@@H](NC(=O)/C(=N\OC(C)(C)C(=O)O)c5nc(N)sc5Cl)[C@H]4SC3)CCCC2)c(=O)c2cc(O)c(O)cc21. The lowest BCUT2D eigenvalue weighted by atomic mass is 10.0. The highest BCUT2D eigenvalue weighted by Gasteiger charge is 2.55. The van der Waals surface area contributed by atoms with Gasteiger partial charge < -0.3 is 45.4 Å². The van der Waals surface area contributed by atoms with Crippen LogP contribution in [-0.4, -0.2) is 111 Å². The number of nitrogens with zero attached hydrogens (tertiary/aromatic N) is 5. The first-order valence-corrected chi connectivity index (χ1v) is 18.8. The van der Waals surface area contributed by atoms with Gasteiger partial charge in [0.2, 0.25) is 5.60 Å². The van der Waals surface area contributed by atoms with Crippen LogP contribution in [0.2, 0.25) is 4.34 Å². The molecule has 2 aromatic heterocycles. The highest BCUT2D eigenvalue weighted by atomic mass is 35.5. The van der Waals surface area contributed by atoms with Crippen molar-refractivity contribution in [1.29, 1.82) is 0 Å². The molecule has 3 aromatic rings. The van der Waals surface area contributed by atoms with Crippen LogP contribution in [0.1, 0.15) is 44.9 Å². The van der Waals surface area contributed by atoms with E-state index in [4.69, 9.17) is 22.2 Å². The second kappa shape index (κ2) is 14.2. The summed E-state index contributed by atoms with van der Waals surface area (Å²) in [7, 11) is 0. The summed E-state index contributed by atoms with van der Waals surface area (Å²) in [4.78, 5) is 75.6. The fourth-order valence-electron chi connectivity index (χ4n) is 6.86. The molecule has 2 fully saturated rings. The number of benzene rings is 1. The number of rotatable bonds is 12. The number of nitrogens with one attached hydrogen (secondary N) is 1. The highest BCUT2D eigenvalue weighted by Crippen LogP contribution is 2.42. The molecule has 3 aliphatic heterocycles. The number of aromatic hydroxyl groups is 2. The van der Waals surface area contributed by atoms with E-state index in [1.807, 2.05) is 11.5 Å². The number of nitrogen functional groups attached to an aromatic ring is 1. The Kier molecular flexibility index (Phi) is 10.1. The largest absolute Gasteiger partial charge is 0.504 e. The van der Waals surface area contributed by atoms with E-state index in [1.165, 1.54) is 37.7 Å². The van der Waals surface area contributed by atoms with Crippen LogP contribution in [0.25, 0.3) is 10.9 Å². The zero-order valence-corrected chi connectivity index (χ0v) is 31.2. The monoisotopic (exact) mass is 790 g/mol. The number of likely N-dealkylation sites (tertiary alicyclic amines) is 1. The van der Waals surface area contributed by atoms with Gasteiger partial charge in [0.15, 0.2) is 27.8 Å². The van der Waals surface area contributed by atoms with E-state index in [0.717, 1.165) is 29.1 Å². The molecule has 2 amide bonds. The number of phenols is 2. The molecule has 3 aliphatic rings. The van der Waals surface area contributed by atoms with Crippen LogP contribution < -0.4 is 16.5 Å². The van der Waals surface area contributed by atoms with E-state index in [1.54, 1.807) is 6.20 Å². The molecule has 0 bridgehead atoms. The van der Waals surface area contributed by atoms with Crippen LogP contribution in [-0.2, 0) is 37.1 Å². The Balaban J connectivity index is 1.27. The number of thioether (sulfide) groups is 1. The van der Waals surface area contributed by atoms with E-state index in [9.17, 15) is 44.4 Å². The summed E-state index contributed by atoms with van der Waals surface area (Å²) >= 11 is 8.35. The molecule has 7 N–H and O–H groups in total. The van der Waals surface area contributed by atoms with Crippen LogP contribution in [0.5, 0.6) is 11.5 Å². The topological polar surface area (TPSA) is 247 Å². The molecule has 6 rings (SSSR count). The Hall–Kier alpha value is -4.85. The maximum Gasteiger partial charge on any atom is 0.352 e. The number of carboxylic acids is 2. The van der Waals surface area contributed by atoms with Gasteiger partial charge in [-0.05, 0) is 26.8 Å². The summed E-state index contributed by atoms with van der Waals surface area (Å²) in [6, 6.07) is 1.43. The van der Waals surface area contributed by atoms with E-state index in [2.05, 4.69) is 15.5 Å². The lowest BCUT2D eigenvalue weighted by Crippen LogP contribution is -2.71. The number of carbonyl (C=O) groups excluding carboxylic acids is 2. The van der Waals surface area contributed by atoms with E-state index >= 15 is 0 Å². The number of anilines is 1. The van der Waals surface area contributed by atoms with Crippen molar-refractivity contribution in [3.05, 3.63) is 55.4 Å². The molecule has 0 saturated carbocycles. The highest BCUT2D eigenvalue weighted by molar-refractivity contribution is 8.00. The maximum atomic E-state index is 13.7. The predicted octanol–water partition coefficient (Wildman–Crippen LogP) is 2.26. The van der Waals surface area contributed by atoms with Gasteiger partial charge in [0.25, 0.3) is 11.8 Å². The Morgan fingerprint density at radius 3 is 2.43 bits per heavy atom. The zero-order valence-electron chi connectivity index (χ0n) is 28.8. The van der Waals surface area contributed by atoms with Crippen molar-refractivity contribution in [1.82, 2.24) is 19.8 Å². The number of carbonyl (C=O) groups is 4. The molecule has 282 valence electrons. The number of pyridine rings is 1. The lowest BCUT2D eigenvalue weighted by molar-refractivity contribution is -0.925. The average Bonchev–Trinajstić information content (AvgIpc) is 3.70. The van der Waals surface area contributed by atoms with Crippen molar-refractivity contribution in [2.24, 2.45) is 5.16 Å². The van der Waals surface area contributed by atoms with Crippen molar-refractivity contribution in [3.63, 3.8) is 0 Å². The normalized spacial score (nSPS) is 20.0. The molecule has 53 heavy (non-hydrogen) atoms. The fraction of sp³-hybridized carbons (Fsp3) is 0.424. The van der Waals surface area contributed by atoms with Gasteiger partial charge in [-0.25, -0.2) is 14.6 Å². The minimum absolute atomic E-state index is 0.00448. The molecular weight excluding hydrogens is 754 g/mol. The number of phenolic OH excluding ortho intramolecular Hbond substituents is 2. The molecule has 0 aliphatic carbocycles. The first-order valence-electron chi connectivity index (χ1n) is 16.5. The number of aliphatic carboxylic acids is 2. The van der Waals surface area contributed by atoms with Crippen molar-refractivity contribution in [2.75, 3.05) is 31.1 Å². The average molecular weight is 791 g/mol. The molecule has 17 nitrogen and oxygen atoms in total. The van der Waals surface area contributed by atoms with E-state index in [-0.39, 0.29) is 56.3 Å². The molecule has 0 unspecified atom stereocenters. The van der Waals surface area contributed by atoms with Gasteiger partial charge in [0, 0.05) is 43.0 Å². The summed E-state index contributed by atoms with van der Waals surface area (Å²) < 4.78 is 2.16. The Morgan fingerprint density at radius 1 is 1.15 bits per heavy atom. The molecule has 20 heteroatoms. The van der Waals surface area contributed by atoms with Crippen LogP contribution in [0.4, 0.5) is 5.13 Å². The van der Waals surface area contributed by atoms with Crippen LogP contribution in [0, 0.1) is 0 Å². The number of quaternary nitrogens is 1. The number of aromatic nitrogens is 2. The number of β-lactam (4-membered cyclic amide) rings is 1. The van der Waals surface area contributed by atoms with Gasteiger partial charge in [0.1, 0.15) is 40.2 Å². The first-order chi connectivity index (χ1) is 25.0. The zero-order chi connectivity index (χ0) is 38.6. The van der Waals surface area contributed by atoms with Crippen LogP contribution in [0.3, 0.4) is 0 Å². The summed E-state index contributed by atoms with van der Waals surface area (Å²) in [5, 5.41) is 45.9. The van der Waals surface area contributed by atoms with Gasteiger partial charge >= 0.3 is 11.9 Å². The number of fused-ring (bicyclic) bond motifs is 2. The summed E-state index contributed by atoms with van der Waals surface area (Å²) in [5.41, 5.74) is 4.17. The molecule has 1 aromatic carbocycles. The number of amides is 2. The van der Waals surface area contributed by atoms with E-state index < -0.39 is 52.2 Å². The standard InChI is InChI=1S/C33H36ClN7O10S2/c1-4-39-11-15(25(44)17-9-19(42)20(43)10-18(17)39)12-41(7-5-6-8-41)13-16-14-52-29-23(28(46)40(29)24(16)30(47)48)36-27(45)22(21-26(34)53-32(35)37-21)38-51-33(2,3)31(49)50/h9-11,23,29H,4-8,12-14H2,1-3H3,(H6-,35,36,37,38,42,43,44,45,47,48,49,50)/p+1/t23-,29-/m1/s1. The quantitative estimate of drug-likeness (QED) is 0.0508. The minimum Gasteiger partial charge on any atom is -0.504 e. The first kappa shape index (κ1) is 37.9. The predicted molar refractivity (Wildman–Crippen MR) is 196 cm³/mol. The van der Waals surface area contributed by atoms with Gasteiger partial charge in [-0.1, -0.05) is 28.1 Å². The van der Waals surface area contributed by atoms with Gasteiger partial charge in [-0.3, -0.25) is 19.3 Å². The number of hydrogen-bond donors (Lipinski definition) is 6. The third kappa shape index (κ3) is 7.00. The molecule has 2 saturated heterocycles. The summed E-state index contributed by atoms with van der Waals surface area (Å²) in [6.07, 6.45) is 3.43. The van der Waals surface area contributed by atoms with Crippen molar-refractivity contribution in [3.8, 4) is 11.5 Å². The number of halogens is 1. The number of hydrogen-bond acceptors (Lipinski definition) is 13. The number of thiazole rings is 1. The number of carboxylic acid groups (broad SMARTS) is 2. The second-order valence-corrected chi connectivity index (χ2v) is 16.3. The summed E-state index contributed by atoms with van der Waals surface area (Å²) in [5.74, 6) is -4.86. The molecular formula is C33H37ClN7O10S2+. The Morgan fingerprint density at radius 2 is 1.83 bits per heavy atom. The van der Waals surface area contributed by atoms with Gasteiger partial charge in [-0.15, -0.1) is 11.8 Å². The van der Waals surface area contributed by atoms with Crippen molar-refractivity contribution < 1.29 is 48.9 Å². The number of oxime groups is 1. The molecule has 2 atom stereocenters. The van der Waals surface area contributed by atoms with E-state index in [0.29, 0.717) is 40.8 Å². The maximum absolute atomic E-state index is 13.7. The number of aryl methyl sites for hydroxylation is 1. The smallest absolute Gasteiger partial charge is 0.352 e. The third-order valence-corrected chi connectivity index (χ3v) is 12.0. The second-order valence-electron chi connectivity index (χ2n) is 13.6.